The Bertz CT molecular complexity index is 849. The van der Waals surface area contributed by atoms with Crippen LogP contribution < -0.4 is 10.7 Å². The smallest absolute Gasteiger partial charge is 0.337 e. The van der Waals surface area contributed by atoms with Gasteiger partial charge in [0, 0.05) is 11.3 Å². The van der Waals surface area contributed by atoms with E-state index in [1.807, 2.05) is 5.43 Å². The van der Waals surface area contributed by atoms with Crippen molar-refractivity contribution in [3.05, 3.63) is 64.4 Å². The number of benzene rings is 2. The van der Waals surface area contributed by atoms with Gasteiger partial charge in [0.05, 0.1) is 23.9 Å². The lowest BCUT2D eigenvalue weighted by atomic mass is 10.2. The van der Waals surface area contributed by atoms with Crippen molar-refractivity contribution in [3.63, 3.8) is 0 Å². The molecule has 0 fully saturated rings. The highest BCUT2D eigenvalue weighted by Crippen LogP contribution is 2.16. The van der Waals surface area contributed by atoms with Crippen LogP contribution in [-0.4, -0.2) is 31.1 Å². The van der Waals surface area contributed by atoms with Gasteiger partial charge in [0.2, 0.25) is 0 Å². The molecule has 0 unspecified atom stereocenters. The third-order valence-corrected chi connectivity index (χ3v) is 3.46. The van der Waals surface area contributed by atoms with Gasteiger partial charge in [0.25, 0.3) is 0 Å². The summed E-state index contributed by atoms with van der Waals surface area (Å²) in [6.45, 7) is 0. The summed E-state index contributed by atoms with van der Waals surface area (Å²) in [5.41, 5.74) is 2.53. The topological polar surface area (TPSA) is 96.9 Å². The average Bonchev–Trinajstić information content (AvgIpc) is 2.64. The molecule has 2 N–H and O–H groups in total. The lowest BCUT2D eigenvalue weighted by molar-refractivity contribution is -0.136. The minimum atomic E-state index is -1.06. The zero-order valence-corrected chi connectivity index (χ0v) is 14.2. The van der Waals surface area contributed by atoms with Gasteiger partial charge in [-0.1, -0.05) is 17.7 Å². The molecule has 134 valence electrons. The Morgan fingerprint density at radius 3 is 2.42 bits per heavy atom. The highest BCUT2D eigenvalue weighted by Gasteiger charge is 2.14. The molecule has 0 atom stereocenters. The number of amides is 2. The summed E-state index contributed by atoms with van der Waals surface area (Å²) in [5.74, 6) is -3.20. The van der Waals surface area contributed by atoms with E-state index in [1.165, 1.54) is 49.6 Å². The van der Waals surface area contributed by atoms with Crippen molar-refractivity contribution in [1.82, 2.24) is 5.43 Å². The molecular formula is C17H13ClFN3O4. The molecule has 0 aliphatic rings. The number of hydrogen-bond donors (Lipinski definition) is 2. The Hall–Kier alpha value is -3.26. The van der Waals surface area contributed by atoms with Crippen LogP contribution in [0.3, 0.4) is 0 Å². The van der Waals surface area contributed by atoms with Gasteiger partial charge in [-0.05, 0) is 36.4 Å². The molecule has 0 heterocycles. The van der Waals surface area contributed by atoms with E-state index in [4.69, 9.17) is 11.6 Å². The number of methoxy groups -OCH3 is 1. The first-order chi connectivity index (χ1) is 12.4. The molecule has 7 nitrogen and oxygen atoms in total. The molecule has 0 aliphatic carbocycles. The zero-order valence-electron chi connectivity index (χ0n) is 13.5. The number of nitrogens with one attached hydrogen (secondary N) is 2. The first-order valence-corrected chi connectivity index (χ1v) is 7.57. The second-order valence-corrected chi connectivity index (χ2v) is 5.26. The number of carbonyl (C=O) groups excluding carboxylic acids is 3. The van der Waals surface area contributed by atoms with Crippen LogP contribution in [0.25, 0.3) is 0 Å². The Balaban J connectivity index is 1.94. The molecular weight excluding hydrogens is 365 g/mol. The first-order valence-electron chi connectivity index (χ1n) is 7.19. The van der Waals surface area contributed by atoms with E-state index < -0.39 is 23.6 Å². The van der Waals surface area contributed by atoms with Gasteiger partial charge < -0.3 is 10.1 Å². The molecule has 0 saturated heterocycles. The van der Waals surface area contributed by atoms with Crippen molar-refractivity contribution < 1.29 is 23.5 Å². The van der Waals surface area contributed by atoms with E-state index >= 15 is 0 Å². The second kappa shape index (κ2) is 8.72. The number of rotatable bonds is 4. The van der Waals surface area contributed by atoms with Gasteiger partial charge in [-0.15, -0.1) is 0 Å². The molecule has 0 bridgehead atoms. The standard InChI is InChI=1S/C17H13ClFN3O4/c1-26-17(25)10-5-7-11(8-6-10)21-15(23)16(24)22-20-9-12-13(18)3-2-4-14(12)19/h2-9H,1H3,(H,21,23)(H,22,24)/b20-9+. The van der Waals surface area contributed by atoms with Crippen molar-refractivity contribution in [1.29, 1.82) is 0 Å². The molecule has 26 heavy (non-hydrogen) atoms. The third-order valence-electron chi connectivity index (χ3n) is 3.13. The van der Waals surface area contributed by atoms with E-state index in [9.17, 15) is 18.8 Å². The molecule has 9 heteroatoms. The summed E-state index contributed by atoms with van der Waals surface area (Å²) >= 11 is 5.80. The van der Waals surface area contributed by atoms with Gasteiger partial charge >= 0.3 is 17.8 Å². The largest absolute Gasteiger partial charge is 0.465 e. The molecule has 2 rings (SSSR count). The molecule has 0 saturated carbocycles. The molecule has 0 aliphatic heterocycles. The van der Waals surface area contributed by atoms with Crippen LogP contribution >= 0.6 is 11.6 Å². The summed E-state index contributed by atoms with van der Waals surface area (Å²) in [6.07, 6.45) is 0.994. The van der Waals surface area contributed by atoms with Crippen molar-refractivity contribution in [3.8, 4) is 0 Å². The maximum absolute atomic E-state index is 13.5. The normalized spacial score (nSPS) is 10.4. The SMILES string of the molecule is COC(=O)c1ccc(NC(=O)C(=O)N/N=C/c2c(F)cccc2Cl)cc1. The number of nitrogens with zero attached hydrogens (tertiary/aromatic N) is 1. The fourth-order valence-electron chi connectivity index (χ4n) is 1.84. The quantitative estimate of drug-likeness (QED) is 0.370. The van der Waals surface area contributed by atoms with Crippen LogP contribution in [0.4, 0.5) is 10.1 Å². The number of anilines is 1. The highest BCUT2D eigenvalue weighted by molar-refractivity contribution is 6.39. The van der Waals surface area contributed by atoms with Gasteiger partial charge in [-0.25, -0.2) is 14.6 Å². The van der Waals surface area contributed by atoms with E-state index in [-0.39, 0.29) is 10.6 Å². The molecule has 0 aromatic heterocycles. The average molecular weight is 378 g/mol. The number of halogens is 2. The predicted molar refractivity (Wildman–Crippen MR) is 93.6 cm³/mol. The van der Waals surface area contributed by atoms with Crippen LogP contribution in [0.5, 0.6) is 0 Å². The number of hydrogen-bond acceptors (Lipinski definition) is 5. The minimum absolute atomic E-state index is 0.0201. The van der Waals surface area contributed by atoms with Crippen LogP contribution in [-0.2, 0) is 14.3 Å². The summed E-state index contributed by atoms with van der Waals surface area (Å²) in [5, 5.41) is 5.93. The number of ether oxygens (including phenoxy) is 1. The fourth-order valence-corrected chi connectivity index (χ4v) is 2.05. The highest BCUT2D eigenvalue weighted by atomic mass is 35.5. The van der Waals surface area contributed by atoms with E-state index in [0.717, 1.165) is 6.21 Å². The maximum Gasteiger partial charge on any atom is 0.337 e. The molecule has 0 spiro atoms. The van der Waals surface area contributed by atoms with Gasteiger partial charge in [-0.3, -0.25) is 9.59 Å². The number of hydrazone groups is 1. The Labute approximate surface area is 152 Å². The van der Waals surface area contributed by atoms with Gasteiger partial charge in [-0.2, -0.15) is 5.10 Å². The molecule has 2 aromatic rings. The Morgan fingerprint density at radius 2 is 1.81 bits per heavy atom. The van der Waals surface area contributed by atoms with E-state index in [1.54, 1.807) is 0 Å². The lowest BCUT2D eigenvalue weighted by Gasteiger charge is -2.05. The van der Waals surface area contributed by atoms with Crippen molar-refractivity contribution >= 4 is 41.3 Å². The second-order valence-electron chi connectivity index (χ2n) is 4.86. The lowest BCUT2D eigenvalue weighted by Crippen LogP contribution is -2.32. The van der Waals surface area contributed by atoms with Gasteiger partial charge in [0.1, 0.15) is 5.82 Å². The van der Waals surface area contributed by atoms with Crippen molar-refractivity contribution in [2.45, 2.75) is 0 Å². The van der Waals surface area contributed by atoms with Crippen molar-refractivity contribution in [2.75, 3.05) is 12.4 Å². The van der Waals surface area contributed by atoms with Crippen LogP contribution in [0.2, 0.25) is 5.02 Å². The Kier molecular flexibility index (Phi) is 6.40. The number of esters is 1. The van der Waals surface area contributed by atoms with Gasteiger partial charge in [0.15, 0.2) is 0 Å². The van der Waals surface area contributed by atoms with Crippen LogP contribution in [0, 0.1) is 5.82 Å². The Morgan fingerprint density at radius 1 is 1.12 bits per heavy atom. The van der Waals surface area contributed by atoms with E-state index in [0.29, 0.717) is 11.3 Å². The minimum Gasteiger partial charge on any atom is -0.465 e. The maximum atomic E-state index is 13.5. The summed E-state index contributed by atoms with van der Waals surface area (Å²) in [6, 6.07) is 9.78. The molecule has 2 aromatic carbocycles. The summed E-state index contributed by atoms with van der Waals surface area (Å²) in [7, 11) is 1.25. The summed E-state index contributed by atoms with van der Waals surface area (Å²) < 4.78 is 18.1. The first kappa shape index (κ1) is 19.1. The monoisotopic (exact) mass is 377 g/mol. The number of carbonyl (C=O) groups is 3. The van der Waals surface area contributed by atoms with Crippen molar-refractivity contribution in [2.24, 2.45) is 5.10 Å². The fraction of sp³-hybridized carbons (Fsp3) is 0.0588. The van der Waals surface area contributed by atoms with Crippen LogP contribution in [0.1, 0.15) is 15.9 Å². The van der Waals surface area contributed by atoms with Crippen LogP contribution in [0.15, 0.2) is 47.6 Å². The summed E-state index contributed by atoms with van der Waals surface area (Å²) in [4.78, 5) is 34.8. The molecule has 0 radical (unpaired) electrons. The predicted octanol–water partition coefficient (Wildman–Crippen LogP) is 2.35. The zero-order chi connectivity index (χ0) is 19.1. The third kappa shape index (κ3) is 4.87. The molecule has 2 amide bonds. The van der Waals surface area contributed by atoms with E-state index in [2.05, 4.69) is 15.2 Å².